The second-order valence-electron chi connectivity index (χ2n) is 5.42. The summed E-state index contributed by atoms with van der Waals surface area (Å²) in [5.74, 6) is 0.279. The minimum absolute atomic E-state index is 0.0788. The van der Waals surface area contributed by atoms with Crippen LogP contribution >= 0.6 is 0 Å². The van der Waals surface area contributed by atoms with E-state index in [-0.39, 0.29) is 18.6 Å². The quantitative estimate of drug-likeness (QED) is 0.772. The van der Waals surface area contributed by atoms with E-state index in [0.29, 0.717) is 6.04 Å². The summed E-state index contributed by atoms with van der Waals surface area (Å²) in [6.45, 7) is 1.76. The molecule has 17 heavy (non-hydrogen) atoms. The van der Waals surface area contributed by atoms with Crippen molar-refractivity contribution in [2.75, 3.05) is 19.7 Å². The number of carbonyl (C=O) groups is 1. The van der Waals surface area contributed by atoms with Crippen LogP contribution in [-0.2, 0) is 0 Å². The van der Waals surface area contributed by atoms with Crippen molar-refractivity contribution in [1.29, 1.82) is 0 Å². The number of likely N-dealkylation sites (tertiary alicyclic amines) is 1. The summed E-state index contributed by atoms with van der Waals surface area (Å²) in [6, 6.07) is 0.459. The summed E-state index contributed by atoms with van der Waals surface area (Å²) < 4.78 is 0. The monoisotopic (exact) mass is 240 g/mol. The molecule has 1 saturated carbocycles. The van der Waals surface area contributed by atoms with Gasteiger partial charge in [0.1, 0.15) is 0 Å². The first-order valence-corrected chi connectivity index (χ1v) is 6.96. The zero-order valence-corrected chi connectivity index (χ0v) is 10.5. The maximum absolute atomic E-state index is 12.1. The van der Waals surface area contributed by atoms with Gasteiger partial charge < -0.3 is 15.3 Å². The lowest BCUT2D eigenvalue weighted by atomic mass is 9.95. The van der Waals surface area contributed by atoms with E-state index in [9.17, 15) is 4.79 Å². The van der Waals surface area contributed by atoms with Gasteiger partial charge in [-0.3, -0.25) is 0 Å². The third-order valence-corrected chi connectivity index (χ3v) is 4.00. The maximum atomic E-state index is 12.1. The molecule has 0 bridgehead atoms. The van der Waals surface area contributed by atoms with Crippen LogP contribution in [0.15, 0.2) is 0 Å². The van der Waals surface area contributed by atoms with Crippen LogP contribution in [0.1, 0.15) is 44.9 Å². The first-order chi connectivity index (χ1) is 8.29. The number of rotatable bonds is 2. The van der Waals surface area contributed by atoms with Gasteiger partial charge in [0.05, 0.1) is 0 Å². The molecule has 1 unspecified atom stereocenters. The molecule has 2 N–H and O–H groups in total. The van der Waals surface area contributed by atoms with Crippen molar-refractivity contribution in [1.82, 2.24) is 10.2 Å². The Kier molecular flexibility index (Phi) is 4.66. The van der Waals surface area contributed by atoms with Crippen molar-refractivity contribution in [2.45, 2.75) is 51.0 Å². The Labute approximate surface area is 103 Å². The largest absolute Gasteiger partial charge is 0.396 e. The van der Waals surface area contributed by atoms with Crippen molar-refractivity contribution < 1.29 is 9.90 Å². The Morgan fingerprint density at radius 1 is 1.18 bits per heavy atom. The smallest absolute Gasteiger partial charge is 0.317 e. The molecule has 1 aliphatic heterocycles. The zero-order valence-electron chi connectivity index (χ0n) is 10.5. The molecular formula is C13H24N2O2. The van der Waals surface area contributed by atoms with Crippen molar-refractivity contribution in [3.63, 3.8) is 0 Å². The fraction of sp³-hybridized carbons (Fsp3) is 0.923. The molecule has 98 valence electrons. The minimum atomic E-state index is 0.0788. The van der Waals surface area contributed by atoms with Gasteiger partial charge in [0, 0.05) is 25.7 Å². The maximum Gasteiger partial charge on any atom is 0.317 e. The van der Waals surface area contributed by atoms with Crippen molar-refractivity contribution >= 4 is 6.03 Å². The number of hydrogen-bond donors (Lipinski definition) is 2. The number of amides is 2. The second-order valence-corrected chi connectivity index (χ2v) is 5.42. The van der Waals surface area contributed by atoms with Crippen LogP contribution in [0.5, 0.6) is 0 Å². The minimum Gasteiger partial charge on any atom is -0.396 e. The molecular weight excluding hydrogens is 216 g/mol. The fourth-order valence-electron chi connectivity index (χ4n) is 2.91. The SMILES string of the molecule is O=C(NC1CCCCC1)N1CCCC(CO)C1. The van der Waals surface area contributed by atoms with Crippen LogP contribution < -0.4 is 5.32 Å². The topological polar surface area (TPSA) is 52.6 Å². The molecule has 0 spiro atoms. The average molecular weight is 240 g/mol. The molecule has 0 radical (unpaired) electrons. The molecule has 0 aromatic rings. The molecule has 2 amide bonds. The summed E-state index contributed by atoms with van der Waals surface area (Å²) in [5.41, 5.74) is 0. The average Bonchev–Trinajstić information content (AvgIpc) is 2.40. The first-order valence-electron chi connectivity index (χ1n) is 6.96. The van der Waals surface area contributed by atoms with Crippen LogP contribution in [-0.4, -0.2) is 41.8 Å². The molecule has 1 aliphatic carbocycles. The molecule has 1 atom stereocenters. The van der Waals surface area contributed by atoms with Crippen LogP contribution in [0.3, 0.4) is 0 Å². The molecule has 1 heterocycles. The third-order valence-electron chi connectivity index (χ3n) is 4.00. The Morgan fingerprint density at radius 2 is 1.94 bits per heavy atom. The predicted molar refractivity (Wildman–Crippen MR) is 66.8 cm³/mol. The van der Waals surface area contributed by atoms with E-state index in [0.717, 1.165) is 38.8 Å². The Balaban J connectivity index is 1.78. The summed E-state index contributed by atoms with van der Waals surface area (Å²) in [6.07, 6.45) is 8.11. The summed E-state index contributed by atoms with van der Waals surface area (Å²) in [5, 5.41) is 12.3. The molecule has 0 aromatic carbocycles. The predicted octanol–water partition coefficient (Wildman–Crippen LogP) is 1.73. The van der Waals surface area contributed by atoms with E-state index >= 15 is 0 Å². The van der Waals surface area contributed by atoms with Gasteiger partial charge in [-0.25, -0.2) is 4.79 Å². The number of hydrogen-bond acceptors (Lipinski definition) is 2. The van der Waals surface area contributed by atoms with Crippen molar-refractivity contribution in [3.05, 3.63) is 0 Å². The first kappa shape index (κ1) is 12.7. The number of urea groups is 1. The van der Waals surface area contributed by atoms with Gasteiger partial charge in [-0.1, -0.05) is 19.3 Å². The summed E-state index contributed by atoms with van der Waals surface area (Å²) >= 11 is 0. The lowest BCUT2D eigenvalue weighted by Crippen LogP contribution is -2.49. The van der Waals surface area contributed by atoms with E-state index in [1.807, 2.05) is 4.90 Å². The van der Waals surface area contributed by atoms with Crippen LogP contribution in [0.4, 0.5) is 4.79 Å². The van der Waals surface area contributed by atoms with E-state index in [2.05, 4.69) is 5.32 Å². The van der Waals surface area contributed by atoms with Crippen LogP contribution in [0.25, 0.3) is 0 Å². The van der Waals surface area contributed by atoms with Gasteiger partial charge in [0.2, 0.25) is 0 Å². The van der Waals surface area contributed by atoms with E-state index in [1.165, 1.54) is 19.3 Å². The van der Waals surface area contributed by atoms with Gasteiger partial charge in [0.25, 0.3) is 0 Å². The second kappa shape index (κ2) is 6.24. The summed E-state index contributed by atoms with van der Waals surface area (Å²) in [7, 11) is 0. The molecule has 4 nitrogen and oxygen atoms in total. The highest BCUT2D eigenvalue weighted by Crippen LogP contribution is 2.19. The highest BCUT2D eigenvalue weighted by molar-refractivity contribution is 5.74. The third kappa shape index (κ3) is 3.60. The normalized spacial score (nSPS) is 26.9. The van der Waals surface area contributed by atoms with Crippen molar-refractivity contribution in [2.24, 2.45) is 5.92 Å². The number of piperidine rings is 1. The lowest BCUT2D eigenvalue weighted by molar-refractivity contribution is 0.126. The number of aliphatic hydroxyl groups excluding tert-OH is 1. The number of carbonyl (C=O) groups excluding carboxylic acids is 1. The Morgan fingerprint density at radius 3 is 2.65 bits per heavy atom. The van der Waals surface area contributed by atoms with Gasteiger partial charge in [-0.2, -0.15) is 0 Å². The molecule has 2 fully saturated rings. The van der Waals surface area contributed by atoms with E-state index in [1.54, 1.807) is 0 Å². The van der Waals surface area contributed by atoms with Crippen molar-refractivity contribution in [3.8, 4) is 0 Å². The van der Waals surface area contributed by atoms with Gasteiger partial charge in [-0.15, -0.1) is 0 Å². The number of nitrogens with zero attached hydrogens (tertiary/aromatic N) is 1. The highest BCUT2D eigenvalue weighted by Gasteiger charge is 2.25. The van der Waals surface area contributed by atoms with Gasteiger partial charge >= 0.3 is 6.03 Å². The molecule has 2 aliphatic rings. The van der Waals surface area contributed by atoms with E-state index < -0.39 is 0 Å². The van der Waals surface area contributed by atoms with Gasteiger partial charge in [-0.05, 0) is 31.6 Å². The molecule has 2 rings (SSSR count). The zero-order chi connectivity index (χ0) is 12.1. The standard InChI is InChI=1S/C13H24N2O2/c16-10-11-5-4-8-15(9-11)13(17)14-12-6-2-1-3-7-12/h11-12,16H,1-10H2,(H,14,17). The van der Waals surface area contributed by atoms with Crippen LogP contribution in [0, 0.1) is 5.92 Å². The fourth-order valence-corrected chi connectivity index (χ4v) is 2.91. The Bertz CT molecular complexity index is 252. The summed E-state index contributed by atoms with van der Waals surface area (Å²) in [4.78, 5) is 13.9. The van der Waals surface area contributed by atoms with Gasteiger partial charge in [0.15, 0.2) is 0 Å². The lowest BCUT2D eigenvalue weighted by Gasteiger charge is -2.33. The number of nitrogens with one attached hydrogen (secondary N) is 1. The molecule has 1 saturated heterocycles. The number of aliphatic hydroxyl groups is 1. The molecule has 4 heteroatoms. The Hall–Kier alpha value is -0.770. The van der Waals surface area contributed by atoms with Crippen LogP contribution in [0.2, 0.25) is 0 Å². The molecule has 0 aromatic heterocycles. The van der Waals surface area contributed by atoms with E-state index in [4.69, 9.17) is 5.11 Å². The highest BCUT2D eigenvalue weighted by atomic mass is 16.3.